The van der Waals surface area contributed by atoms with Crippen LogP contribution in [-0.2, 0) is 31.6 Å². The van der Waals surface area contributed by atoms with Gasteiger partial charge in [0.05, 0.1) is 8.07 Å². The normalized spacial score (nSPS) is 28.6. The molecule has 3 aromatic carbocycles. The molecule has 6 bridgehead atoms. The van der Waals surface area contributed by atoms with Gasteiger partial charge in [0.15, 0.2) is 0 Å². The fraction of sp³-hybridized carbons (Fsp3) is 0.432. The van der Waals surface area contributed by atoms with E-state index in [1.54, 1.807) is 16.3 Å². The van der Waals surface area contributed by atoms with Crippen molar-refractivity contribution in [3.8, 4) is 11.1 Å². The van der Waals surface area contributed by atoms with Gasteiger partial charge in [-0.25, -0.2) is 0 Å². The molecule has 5 aliphatic carbocycles. The van der Waals surface area contributed by atoms with E-state index in [9.17, 15) is 0 Å². The number of hydrogen-bond donors (Lipinski definition) is 0. The largest absolute Gasteiger partial charge is 3.00 e. The molecule has 1 unspecified atom stereocenters. The van der Waals surface area contributed by atoms with Gasteiger partial charge in [-0.3, -0.25) is 0 Å². The Bertz CT molecular complexity index is 1620. The molecule has 0 saturated heterocycles. The second-order valence-electron chi connectivity index (χ2n) is 14.5. The van der Waals surface area contributed by atoms with Crippen LogP contribution >= 0.6 is 0 Å². The zero-order chi connectivity index (χ0) is 26.7. The molecule has 11 rings (SSSR count). The number of hydrogen-bond acceptors (Lipinski definition) is 1. The minimum Gasteiger partial charge on any atom is -1.00 e. The molecule has 0 N–H and O–H groups in total. The molecule has 1 nitrogen and oxygen atoms in total. The summed E-state index contributed by atoms with van der Waals surface area (Å²) in [4.78, 5) is 0. The molecule has 1 radical (unpaired) electrons. The summed E-state index contributed by atoms with van der Waals surface area (Å²) in [6, 6.07) is 23.3. The topological polar surface area (TPSA) is 13.1 Å². The minimum atomic E-state index is -1.10. The van der Waals surface area contributed by atoms with Crippen LogP contribution in [0, 0.1) is 31.6 Å². The van der Waals surface area contributed by atoms with Crippen molar-refractivity contribution < 1.29 is 55.4 Å². The third kappa shape index (κ3) is 4.76. The maximum Gasteiger partial charge on any atom is 3.00 e. The molecule has 4 saturated carbocycles. The van der Waals surface area contributed by atoms with Crippen molar-refractivity contribution in [1.29, 1.82) is 0 Å². The Balaban J connectivity index is 0.000000188. The summed E-state index contributed by atoms with van der Waals surface area (Å²) in [6.07, 6.45) is 8.93. The first-order valence-corrected chi connectivity index (χ1v) is 18.4. The minimum absolute atomic E-state index is 0. The average molecular weight is 692 g/mol. The first-order chi connectivity index (χ1) is 18.7. The molecule has 2 aliphatic heterocycles. The second-order valence-corrected chi connectivity index (χ2v) is 19.0. The predicted molar refractivity (Wildman–Crippen MR) is 166 cm³/mol. The van der Waals surface area contributed by atoms with Crippen LogP contribution < -0.4 is 24.8 Å². The molecule has 217 valence electrons. The molecule has 1 aromatic heterocycles. The van der Waals surface area contributed by atoms with Crippen molar-refractivity contribution in [2.75, 3.05) is 0 Å². The zero-order valence-electron chi connectivity index (χ0n) is 25.5. The Morgan fingerprint density at radius 3 is 2.02 bits per heavy atom. The van der Waals surface area contributed by atoms with Crippen LogP contribution in [-0.4, -0.2) is 8.07 Å². The fourth-order valence-electron chi connectivity index (χ4n) is 10.4. The van der Waals surface area contributed by atoms with E-state index < -0.39 is 8.07 Å². The Morgan fingerprint density at radius 1 is 0.833 bits per heavy atom. The molecule has 1 atom stereocenters. The Hall–Kier alpha value is -1.25. The monoisotopic (exact) mass is 689 g/mol. The van der Waals surface area contributed by atoms with Gasteiger partial charge >= 0.3 is 26.2 Å². The number of halogens is 2. The number of allylic oxidation sites excluding steroid dienone is 1. The van der Waals surface area contributed by atoms with Gasteiger partial charge in [-0.1, -0.05) is 61.5 Å². The molecule has 4 aromatic rings. The quantitative estimate of drug-likeness (QED) is 0.226. The summed E-state index contributed by atoms with van der Waals surface area (Å²) in [5, 5.41) is 4.36. The van der Waals surface area contributed by atoms with E-state index in [0.29, 0.717) is 5.41 Å². The summed E-state index contributed by atoms with van der Waals surface area (Å²) in [7, 11) is -1.10. The van der Waals surface area contributed by atoms with Gasteiger partial charge in [0.25, 0.3) is 0 Å². The third-order valence-corrected chi connectivity index (χ3v) is 15.5. The van der Waals surface area contributed by atoms with Gasteiger partial charge in [-0.15, -0.1) is 34.5 Å². The van der Waals surface area contributed by atoms with Crippen molar-refractivity contribution in [2.45, 2.75) is 83.3 Å². The van der Waals surface area contributed by atoms with Crippen molar-refractivity contribution >= 4 is 24.0 Å². The van der Waals surface area contributed by atoms with Gasteiger partial charge in [-0.2, -0.15) is 6.07 Å². The standard InChI is InChI=1S/C26H27.C11H14OSi.2ClH.Zr/c1-17-9-22-3-2-4-24(25(22)10-17)21-5-7-23(8-6-21)26-14-18-11-19(15-26)13-20(12-18)16-26;1-6-5-8-9(12-6)11-7(2)10(8)13(11,3)4;;;/h2-10,18-20H,11-16H2,1H3;5,10H,1-4H3;2*1H;/q-1;;;;+3/p-2. The molecule has 42 heavy (non-hydrogen) atoms. The van der Waals surface area contributed by atoms with Gasteiger partial charge in [0, 0.05) is 11.1 Å². The summed E-state index contributed by atoms with van der Waals surface area (Å²) < 4.78 is 5.76. The van der Waals surface area contributed by atoms with Crippen molar-refractivity contribution in [3.63, 3.8) is 0 Å². The zero-order valence-corrected chi connectivity index (χ0v) is 30.5. The van der Waals surface area contributed by atoms with Crippen molar-refractivity contribution in [1.82, 2.24) is 0 Å². The Morgan fingerprint density at radius 2 is 1.45 bits per heavy atom. The Labute approximate surface area is 284 Å². The second kappa shape index (κ2) is 11.3. The number of fused-ring (bicyclic) bond motifs is 1. The van der Waals surface area contributed by atoms with E-state index in [1.165, 1.54) is 77.3 Å². The van der Waals surface area contributed by atoms with Crippen LogP contribution in [0.4, 0.5) is 0 Å². The van der Waals surface area contributed by atoms with E-state index in [4.69, 9.17) is 4.42 Å². The van der Waals surface area contributed by atoms with Crippen LogP contribution in [0.15, 0.2) is 70.7 Å². The number of benzene rings is 2. The maximum atomic E-state index is 5.76. The fourth-order valence-corrected chi connectivity index (χ4v) is 14.6. The van der Waals surface area contributed by atoms with Crippen LogP contribution in [0.5, 0.6) is 0 Å². The molecule has 5 heteroatoms. The molecule has 0 spiro atoms. The van der Waals surface area contributed by atoms with E-state index in [-0.39, 0.29) is 51.0 Å². The van der Waals surface area contributed by atoms with E-state index in [1.807, 2.05) is 6.92 Å². The molecular weight excluding hydrogens is 651 g/mol. The number of rotatable bonds is 2. The Kier molecular flexibility index (Phi) is 8.63. The van der Waals surface area contributed by atoms with Crippen molar-refractivity contribution in [3.05, 3.63) is 94.4 Å². The van der Waals surface area contributed by atoms with Gasteiger partial charge in [-0.05, 0) is 97.9 Å². The summed E-state index contributed by atoms with van der Waals surface area (Å²) in [5.74, 6) is 5.35. The molecule has 4 fully saturated rings. The third-order valence-electron chi connectivity index (χ3n) is 11.4. The maximum absolute atomic E-state index is 5.76. The smallest absolute Gasteiger partial charge is 1.00 e. The summed E-state index contributed by atoms with van der Waals surface area (Å²) in [5.41, 5.74) is 10.1. The molecular formula is C37H41Cl2OSiZr. The predicted octanol–water partition coefficient (Wildman–Crippen LogP) is 4.27. The molecule has 3 heterocycles. The van der Waals surface area contributed by atoms with E-state index in [2.05, 4.69) is 87.6 Å². The first kappa shape index (κ1) is 32.2. The average Bonchev–Trinajstić information content (AvgIpc) is 3.57. The van der Waals surface area contributed by atoms with E-state index in [0.717, 1.165) is 29.1 Å². The van der Waals surface area contributed by atoms with E-state index >= 15 is 0 Å². The van der Waals surface area contributed by atoms with Gasteiger partial charge in [0.2, 0.25) is 0 Å². The summed E-state index contributed by atoms with van der Waals surface area (Å²) >= 11 is 0. The number of furan rings is 1. The molecule has 7 aliphatic rings. The SMILES string of the molecule is CC1=C2c3oc(C)cc3C1[Si]2(C)C.Cc1cc2c(-c3ccc(C45CC6CC(CC(C6)C4)C5)cc3)cccc2[cH-]1.[Cl-].[Cl-].[Zr+3]. The van der Waals surface area contributed by atoms with Gasteiger partial charge < -0.3 is 29.2 Å². The van der Waals surface area contributed by atoms with Crippen LogP contribution in [0.25, 0.3) is 27.1 Å². The first-order valence-electron chi connectivity index (χ1n) is 15.3. The van der Waals surface area contributed by atoms with Crippen LogP contribution in [0.3, 0.4) is 0 Å². The molecule has 0 amide bonds. The van der Waals surface area contributed by atoms with Crippen LogP contribution in [0.2, 0.25) is 13.1 Å². The number of aryl methyl sites for hydroxylation is 2. The summed E-state index contributed by atoms with van der Waals surface area (Å²) in [6.45, 7) is 11.4. The van der Waals surface area contributed by atoms with Crippen LogP contribution in [0.1, 0.15) is 79.2 Å². The van der Waals surface area contributed by atoms with Crippen molar-refractivity contribution in [2.24, 2.45) is 17.8 Å². The van der Waals surface area contributed by atoms with Gasteiger partial charge in [0.1, 0.15) is 11.5 Å².